The second-order valence-electron chi connectivity index (χ2n) is 6.56. The number of quaternary nitrogens is 1. The highest BCUT2D eigenvalue weighted by Crippen LogP contribution is 2.17. The molecule has 0 unspecified atom stereocenters. The summed E-state index contributed by atoms with van der Waals surface area (Å²) in [7, 11) is 0. The summed E-state index contributed by atoms with van der Waals surface area (Å²) in [5.74, 6) is 0. The molecule has 1 fully saturated rings. The predicted molar refractivity (Wildman–Crippen MR) is 102 cm³/mol. The van der Waals surface area contributed by atoms with E-state index in [0.717, 1.165) is 18.2 Å². The molecule has 0 heterocycles. The summed E-state index contributed by atoms with van der Waals surface area (Å²) in [5, 5.41) is 7.70. The van der Waals surface area contributed by atoms with Crippen molar-refractivity contribution >= 4 is 17.3 Å². The fourth-order valence-corrected chi connectivity index (χ4v) is 3.57. The fourth-order valence-electron chi connectivity index (χ4n) is 3.33. The smallest absolute Gasteiger partial charge is 0.166 e. The Kier molecular flexibility index (Phi) is 7.83. The fraction of sp³-hybridized carbons (Fsp3) is 0.632. The number of thiocarbonyl (C=S) groups is 1. The third-order valence-electron chi connectivity index (χ3n) is 4.94. The second kappa shape index (κ2) is 9.89. The molecular weight excluding hydrogens is 302 g/mol. The van der Waals surface area contributed by atoms with Crippen LogP contribution in [0.15, 0.2) is 24.3 Å². The molecule has 3 nitrogen and oxygen atoms in total. The molecule has 1 aliphatic rings. The first-order valence-electron chi connectivity index (χ1n) is 9.17. The van der Waals surface area contributed by atoms with Gasteiger partial charge in [-0.05, 0) is 44.5 Å². The average molecular weight is 335 g/mol. The molecular formula is C19H32N3S+. The second-order valence-corrected chi connectivity index (χ2v) is 6.97. The number of nitrogens with one attached hydrogen (secondary N) is 3. The first kappa shape index (κ1) is 18.2. The largest absolute Gasteiger partial charge is 0.360 e. The number of hydrogen-bond donors (Lipinski definition) is 3. The zero-order valence-corrected chi connectivity index (χ0v) is 15.5. The van der Waals surface area contributed by atoms with Gasteiger partial charge in [0.05, 0.1) is 13.1 Å². The van der Waals surface area contributed by atoms with Crippen molar-refractivity contribution in [2.45, 2.75) is 65.1 Å². The molecule has 23 heavy (non-hydrogen) atoms. The van der Waals surface area contributed by atoms with Gasteiger partial charge in [0.25, 0.3) is 0 Å². The number of rotatable bonds is 7. The lowest BCUT2D eigenvalue weighted by Gasteiger charge is -2.24. The van der Waals surface area contributed by atoms with E-state index in [0.29, 0.717) is 6.04 Å². The molecule has 2 rings (SSSR count). The summed E-state index contributed by atoms with van der Waals surface area (Å²) >= 11 is 5.48. The van der Waals surface area contributed by atoms with E-state index in [1.165, 1.54) is 56.3 Å². The lowest BCUT2D eigenvalue weighted by Crippen LogP contribution is -3.10. The lowest BCUT2D eigenvalue weighted by molar-refractivity contribution is -0.910. The lowest BCUT2D eigenvalue weighted by atomic mass is 9.96. The average Bonchev–Trinajstić information content (AvgIpc) is 2.59. The topological polar surface area (TPSA) is 28.5 Å². The molecule has 0 aliphatic heterocycles. The molecule has 1 saturated carbocycles. The Bertz CT molecular complexity index is 479. The molecule has 3 N–H and O–H groups in total. The van der Waals surface area contributed by atoms with Crippen LogP contribution in [-0.4, -0.2) is 24.2 Å². The van der Waals surface area contributed by atoms with Crippen molar-refractivity contribution in [2.75, 3.05) is 13.1 Å². The molecule has 0 aromatic heterocycles. The first-order valence-corrected chi connectivity index (χ1v) is 9.58. The van der Waals surface area contributed by atoms with Gasteiger partial charge in [0.15, 0.2) is 5.11 Å². The molecule has 128 valence electrons. The van der Waals surface area contributed by atoms with E-state index in [4.69, 9.17) is 12.2 Å². The van der Waals surface area contributed by atoms with Gasteiger partial charge in [0.1, 0.15) is 6.54 Å². The monoisotopic (exact) mass is 334 g/mol. The number of benzene rings is 1. The number of hydrogen-bond acceptors (Lipinski definition) is 1. The Morgan fingerprint density at radius 1 is 1.09 bits per heavy atom. The zero-order chi connectivity index (χ0) is 16.5. The van der Waals surface area contributed by atoms with Crippen LogP contribution in [0.1, 0.15) is 57.1 Å². The summed E-state index contributed by atoms with van der Waals surface area (Å²) in [6.45, 7) is 8.74. The maximum Gasteiger partial charge on any atom is 0.166 e. The highest BCUT2D eigenvalue weighted by Gasteiger charge is 2.14. The molecule has 0 atom stereocenters. The van der Waals surface area contributed by atoms with Gasteiger partial charge in [-0.1, -0.05) is 43.5 Å². The molecule has 4 heteroatoms. The summed E-state index contributed by atoms with van der Waals surface area (Å²) in [5.41, 5.74) is 2.79. The van der Waals surface area contributed by atoms with Crippen molar-refractivity contribution in [3.05, 3.63) is 35.4 Å². The molecule has 0 radical (unpaired) electrons. The standard InChI is InChI=1S/C19H31N3S/c1-3-22(4-2)15-17-11-9-8-10-16(17)14-20-19(23)21-18-12-6-5-7-13-18/h8-11,18H,3-7,12-15H2,1-2H3,(H2,20,21,23)/p+1. The van der Waals surface area contributed by atoms with Crippen LogP contribution in [0.3, 0.4) is 0 Å². The van der Waals surface area contributed by atoms with Crippen molar-refractivity contribution in [3.63, 3.8) is 0 Å². The highest BCUT2D eigenvalue weighted by atomic mass is 32.1. The van der Waals surface area contributed by atoms with Gasteiger partial charge in [-0.25, -0.2) is 0 Å². The molecule has 0 bridgehead atoms. The summed E-state index contributed by atoms with van der Waals surface area (Å²) in [4.78, 5) is 1.61. The van der Waals surface area contributed by atoms with Gasteiger partial charge in [0.2, 0.25) is 0 Å². The van der Waals surface area contributed by atoms with Gasteiger partial charge < -0.3 is 15.5 Å². The molecule has 1 aromatic carbocycles. The van der Waals surface area contributed by atoms with Gasteiger partial charge >= 0.3 is 0 Å². The van der Waals surface area contributed by atoms with Crippen LogP contribution in [0.5, 0.6) is 0 Å². The van der Waals surface area contributed by atoms with Crippen LogP contribution in [0, 0.1) is 0 Å². The van der Waals surface area contributed by atoms with E-state index in [9.17, 15) is 0 Å². The maximum atomic E-state index is 5.48. The summed E-state index contributed by atoms with van der Waals surface area (Å²) < 4.78 is 0. The van der Waals surface area contributed by atoms with Crippen molar-refractivity contribution in [2.24, 2.45) is 0 Å². The Labute approximate surface area is 146 Å². The van der Waals surface area contributed by atoms with Crippen LogP contribution in [0.25, 0.3) is 0 Å². The van der Waals surface area contributed by atoms with Gasteiger partial charge in [-0.15, -0.1) is 0 Å². The van der Waals surface area contributed by atoms with E-state index in [-0.39, 0.29) is 0 Å². The predicted octanol–water partition coefficient (Wildman–Crippen LogP) is 2.41. The van der Waals surface area contributed by atoms with Crippen LogP contribution in [0.4, 0.5) is 0 Å². The van der Waals surface area contributed by atoms with E-state index in [1.54, 1.807) is 4.90 Å². The Morgan fingerprint density at radius 2 is 1.74 bits per heavy atom. The van der Waals surface area contributed by atoms with E-state index in [1.807, 2.05) is 0 Å². The van der Waals surface area contributed by atoms with Gasteiger partial charge in [-0.3, -0.25) is 0 Å². The molecule has 1 aliphatic carbocycles. The van der Waals surface area contributed by atoms with Crippen LogP contribution < -0.4 is 15.5 Å². The normalized spacial score (nSPS) is 15.6. The van der Waals surface area contributed by atoms with Crippen molar-refractivity contribution in [1.82, 2.24) is 10.6 Å². The van der Waals surface area contributed by atoms with E-state index in [2.05, 4.69) is 48.7 Å². The molecule has 1 aromatic rings. The maximum absolute atomic E-state index is 5.48. The van der Waals surface area contributed by atoms with Crippen molar-refractivity contribution in [1.29, 1.82) is 0 Å². The molecule has 0 saturated heterocycles. The minimum Gasteiger partial charge on any atom is -0.360 e. The van der Waals surface area contributed by atoms with Crippen LogP contribution in [-0.2, 0) is 13.1 Å². The third kappa shape index (κ3) is 6.11. The van der Waals surface area contributed by atoms with Gasteiger partial charge in [0, 0.05) is 18.2 Å². The van der Waals surface area contributed by atoms with E-state index < -0.39 is 0 Å². The van der Waals surface area contributed by atoms with Gasteiger partial charge in [-0.2, -0.15) is 0 Å². The van der Waals surface area contributed by atoms with E-state index >= 15 is 0 Å². The van der Waals surface area contributed by atoms with Crippen molar-refractivity contribution in [3.8, 4) is 0 Å². The molecule has 0 spiro atoms. The minimum absolute atomic E-state index is 0.569. The summed E-state index contributed by atoms with van der Waals surface area (Å²) in [6, 6.07) is 9.30. The third-order valence-corrected chi connectivity index (χ3v) is 5.20. The van der Waals surface area contributed by atoms with Crippen LogP contribution >= 0.6 is 12.2 Å². The minimum atomic E-state index is 0.569. The highest BCUT2D eigenvalue weighted by molar-refractivity contribution is 7.80. The van der Waals surface area contributed by atoms with Crippen LogP contribution in [0.2, 0.25) is 0 Å². The zero-order valence-electron chi connectivity index (χ0n) is 14.7. The molecule has 0 amide bonds. The quantitative estimate of drug-likeness (QED) is 0.669. The Morgan fingerprint density at radius 3 is 2.39 bits per heavy atom. The summed E-state index contributed by atoms with van der Waals surface area (Å²) in [6.07, 6.45) is 6.54. The Hall–Kier alpha value is -1.13. The first-order chi connectivity index (χ1) is 11.2. The SMILES string of the molecule is CC[NH+](CC)Cc1ccccc1CNC(=S)NC1CCCCC1. The Balaban J connectivity index is 1.85. The van der Waals surface area contributed by atoms with Crippen molar-refractivity contribution < 1.29 is 4.90 Å².